The molecule has 0 saturated heterocycles. The molecule has 7 heteroatoms. The summed E-state index contributed by atoms with van der Waals surface area (Å²) >= 11 is 0. The Kier molecular flexibility index (Phi) is 6.64. The van der Waals surface area contributed by atoms with Crippen LogP contribution in [0.2, 0.25) is 0 Å². The van der Waals surface area contributed by atoms with E-state index in [0.29, 0.717) is 29.8 Å². The number of para-hydroxylation sites is 1. The van der Waals surface area contributed by atoms with Crippen molar-refractivity contribution < 1.29 is 18.0 Å². The van der Waals surface area contributed by atoms with Crippen molar-refractivity contribution in [1.82, 2.24) is 5.32 Å². The number of sulfone groups is 1. The smallest absolute Gasteiger partial charge is 0.255 e. The molecule has 2 N–H and O–H groups in total. The van der Waals surface area contributed by atoms with E-state index in [9.17, 15) is 18.0 Å². The fourth-order valence-corrected chi connectivity index (χ4v) is 3.53. The van der Waals surface area contributed by atoms with Crippen LogP contribution in [0.15, 0.2) is 83.8 Å². The van der Waals surface area contributed by atoms with Crippen molar-refractivity contribution in [3.63, 3.8) is 0 Å². The topological polar surface area (TPSA) is 92.3 Å². The van der Waals surface area contributed by atoms with E-state index in [4.69, 9.17) is 0 Å². The Hall–Kier alpha value is -3.45. The molecule has 3 rings (SSSR count). The molecule has 0 saturated carbocycles. The Bertz CT molecular complexity index is 1140. The van der Waals surface area contributed by atoms with Gasteiger partial charge in [-0.25, -0.2) is 8.42 Å². The minimum absolute atomic E-state index is 0.136. The van der Waals surface area contributed by atoms with Crippen molar-refractivity contribution in [3.05, 3.63) is 95.6 Å². The third-order valence-corrected chi connectivity index (χ3v) is 5.64. The van der Waals surface area contributed by atoms with E-state index in [1.54, 1.807) is 24.3 Å². The Morgan fingerprint density at radius 1 is 0.800 bits per heavy atom. The average Bonchev–Trinajstić information content (AvgIpc) is 2.74. The fourth-order valence-electron chi connectivity index (χ4n) is 2.90. The van der Waals surface area contributed by atoms with Crippen LogP contribution in [0.3, 0.4) is 0 Å². The van der Waals surface area contributed by atoms with Crippen LogP contribution in [0.1, 0.15) is 26.3 Å². The average molecular weight is 423 g/mol. The zero-order chi connectivity index (χ0) is 21.6. The van der Waals surface area contributed by atoms with Gasteiger partial charge in [0, 0.05) is 18.4 Å². The maximum absolute atomic E-state index is 12.6. The highest BCUT2D eigenvalue weighted by molar-refractivity contribution is 7.90. The lowest BCUT2D eigenvalue weighted by Gasteiger charge is -2.12. The van der Waals surface area contributed by atoms with Crippen LogP contribution in [0.5, 0.6) is 0 Å². The second kappa shape index (κ2) is 9.37. The van der Waals surface area contributed by atoms with Crippen LogP contribution in [-0.4, -0.2) is 33.0 Å². The number of anilines is 1. The predicted octanol–water partition coefficient (Wildman–Crippen LogP) is 3.31. The molecular weight excluding hydrogens is 400 g/mol. The SMILES string of the molecule is CS(=O)(=O)c1ccc(C(=O)Nc2ccccc2C(=O)NCCc2ccccc2)cc1. The summed E-state index contributed by atoms with van der Waals surface area (Å²) in [7, 11) is -3.34. The number of hydrogen-bond acceptors (Lipinski definition) is 4. The van der Waals surface area contributed by atoms with Crippen molar-refractivity contribution in [2.24, 2.45) is 0 Å². The van der Waals surface area contributed by atoms with Crippen molar-refractivity contribution in [2.75, 3.05) is 18.1 Å². The second-order valence-electron chi connectivity index (χ2n) is 6.79. The summed E-state index contributed by atoms with van der Waals surface area (Å²) < 4.78 is 23.1. The molecule has 0 radical (unpaired) electrons. The molecule has 154 valence electrons. The number of amides is 2. The first-order valence-electron chi connectivity index (χ1n) is 9.37. The van der Waals surface area contributed by atoms with Gasteiger partial charge in [-0.2, -0.15) is 0 Å². The molecule has 0 unspecified atom stereocenters. The quantitative estimate of drug-likeness (QED) is 0.611. The Labute approximate surface area is 175 Å². The predicted molar refractivity (Wildman–Crippen MR) is 116 cm³/mol. The maximum atomic E-state index is 12.6. The Morgan fingerprint density at radius 3 is 2.10 bits per heavy atom. The first-order chi connectivity index (χ1) is 14.3. The van der Waals surface area contributed by atoms with E-state index < -0.39 is 15.7 Å². The van der Waals surface area contributed by atoms with Crippen LogP contribution in [0, 0.1) is 0 Å². The van der Waals surface area contributed by atoms with Gasteiger partial charge in [0.15, 0.2) is 9.84 Å². The number of carbonyl (C=O) groups excluding carboxylic acids is 2. The largest absolute Gasteiger partial charge is 0.352 e. The van der Waals surface area contributed by atoms with Gasteiger partial charge in [0.05, 0.1) is 16.1 Å². The van der Waals surface area contributed by atoms with E-state index in [-0.39, 0.29) is 10.8 Å². The first kappa shape index (κ1) is 21.3. The molecule has 0 atom stereocenters. The van der Waals surface area contributed by atoms with Gasteiger partial charge in [-0.05, 0) is 48.4 Å². The van der Waals surface area contributed by atoms with Crippen LogP contribution in [0.4, 0.5) is 5.69 Å². The highest BCUT2D eigenvalue weighted by Gasteiger charge is 2.15. The number of hydrogen-bond donors (Lipinski definition) is 2. The van der Waals surface area contributed by atoms with Gasteiger partial charge < -0.3 is 10.6 Å². The lowest BCUT2D eigenvalue weighted by atomic mass is 10.1. The summed E-state index contributed by atoms with van der Waals surface area (Å²) in [5.74, 6) is -0.714. The molecule has 0 bridgehead atoms. The Balaban J connectivity index is 1.67. The molecule has 3 aromatic rings. The number of nitrogens with one attached hydrogen (secondary N) is 2. The van der Waals surface area contributed by atoms with Crippen molar-refractivity contribution in [2.45, 2.75) is 11.3 Å². The summed E-state index contributed by atoms with van der Waals surface area (Å²) in [5.41, 5.74) is 2.15. The molecule has 30 heavy (non-hydrogen) atoms. The van der Waals surface area contributed by atoms with E-state index in [1.165, 1.54) is 24.3 Å². The monoisotopic (exact) mass is 422 g/mol. The standard InChI is InChI=1S/C23H22N2O4S/c1-30(28,29)19-13-11-18(12-14-19)22(26)25-21-10-6-5-9-20(21)23(27)24-16-15-17-7-3-2-4-8-17/h2-14H,15-16H2,1H3,(H,24,27)(H,25,26). The Morgan fingerprint density at radius 2 is 1.43 bits per heavy atom. The molecule has 0 spiro atoms. The highest BCUT2D eigenvalue weighted by atomic mass is 32.2. The van der Waals surface area contributed by atoms with E-state index in [0.717, 1.165) is 11.8 Å². The maximum Gasteiger partial charge on any atom is 0.255 e. The molecule has 0 fully saturated rings. The highest BCUT2D eigenvalue weighted by Crippen LogP contribution is 2.17. The minimum Gasteiger partial charge on any atom is -0.352 e. The van der Waals surface area contributed by atoms with Crippen molar-refractivity contribution in [3.8, 4) is 0 Å². The summed E-state index contributed by atoms with van der Waals surface area (Å²) in [4.78, 5) is 25.3. The summed E-state index contributed by atoms with van der Waals surface area (Å²) in [6, 6.07) is 22.2. The first-order valence-corrected chi connectivity index (χ1v) is 11.3. The number of rotatable bonds is 7. The summed E-state index contributed by atoms with van der Waals surface area (Å²) in [6.07, 6.45) is 1.81. The summed E-state index contributed by atoms with van der Waals surface area (Å²) in [5, 5.41) is 5.59. The van der Waals surface area contributed by atoms with Gasteiger partial charge in [0.1, 0.15) is 0 Å². The van der Waals surface area contributed by atoms with Gasteiger partial charge >= 0.3 is 0 Å². The van der Waals surface area contributed by atoms with Gasteiger partial charge in [-0.3, -0.25) is 9.59 Å². The van der Waals surface area contributed by atoms with Crippen molar-refractivity contribution in [1.29, 1.82) is 0 Å². The zero-order valence-electron chi connectivity index (χ0n) is 16.5. The molecule has 2 amide bonds. The molecule has 0 aliphatic heterocycles. The third kappa shape index (κ3) is 5.55. The number of carbonyl (C=O) groups is 2. The van der Waals surface area contributed by atoms with Crippen molar-refractivity contribution >= 4 is 27.3 Å². The van der Waals surface area contributed by atoms with E-state index in [1.807, 2.05) is 30.3 Å². The van der Waals surface area contributed by atoms with Gasteiger partial charge in [-0.1, -0.05) is 42.5 Å². The molecule has 0 aliphatic rings. The molecule has 3 aromatic carbocycles. The molecule has 0 heterocycles. The zero-order valence-corrected chi connectivity index (χ0v) is 17.3. The van der Waals surface area contributed by atoms with E-state index in [2.05, 4.69) is 10.6 Å². The lowest BCUT2D eigenvalue weighted by Crippen LogP contribution is -2.27. The van der Waals surface area contributed by atoms with Crippen LogP contribution in [-0.2, 0) is 16.3 Å². The normalized spacial score (nSPS) is 11.0. The minimum atomic E-state index is -3.34. The fraction of sp³-hybridized carbons (Fsp3) is 0.130. The van der Waals surface area contributed by atoms with E-state index >= 15 is 0 Å². The molecular formula is C23H22N2O4S. The van der Waals surface area contributed by atoms with Gasteiger partial charge in [-0.15, -0.1) is 0 Å². The second-order valence-corrected chi connectivity index (χ2v) is 8.80. The molecule has 6 nitrogen and oxygen atoms in total. The van der Waals surface area contributed by atoms with Gasteiger partial charge in [0.25, 0.3) is 11.8 Å². The van der Waals surface area contributed by atoms with Crippen LogP contribution < -0.4 is 10.6 Å². The summed E-state index contributed by atoms with van der Waals surface area (Å²) in [6.45, 7) is 0.470. The van der Waals surface area contributed by atoms with Gasteiger partial charge in [0.2, 0.25) is 0 Å². The molecule has 0 aromatic heterocycles. The molecule has 0 aliphatic carbocycles. The lowest BCUT2D eigenvalue weighted by molar-refractivity contribution is 0.0955. The third-order valence-electron chi connectivity index (χ3n) is 4.51. The van der Waals surface area contributed by atoms with Crippen LogP contribution >= 0.6 is 0 Å². The number of benzene rings is 3. The van der Waals surface area contributed by atoms with Crippen LogP contribution in [0.25, 0.3) is 0 Å².